The summed E-state index contributed by atoms with van der Waals surface area (Å²) in [4.78, 5) is 3.90. The normalized spacial score (nSPS) is 10.6. The fourth-order valence-corrected chi connectivity index (χ4v) is 0.962. The van der Waals surface area contributed by atoms with Crippen molar-refractivity contribution >= 4 is 22.1 Å². The van der Waals surface area contributed by atoms with Crippen molar-refractivity contribution in [3.8, 4) is 0 Å². The molecular formula is C8H8BrN. The van der Waals surface area contributed by atoms with Crippen LogP contribution in [0, 0.1) is 0 Å². The van der Waals surface area contributed by atoms with Gasteiger partial charge in [0.2, 0.25) is 0 Å². The van der Waals surface area contributed by atoms with Crippen molar-refractivity contribution in [2.75, 3.05) is 7.05 Å². The molecule has 1 rings (SSSR count). The Balaban J connectivity index is 2.89. The topological polar surface area (TPSA) is 12.4 Å². The zero-order valence-electron chi connectivity index (χ0n) is 5.71. The van der Waals surface area contributed by atoms with Crippen molar-refractivity contribution < 1.29 is 0 Å². The summed E-state index contributed by atoms with van der Waals surface area (Å²) in [6, 6.07) is 8.02. The average molecular weight is 198 g/mol. The molecule has 0 N–H and O–H groups in total. The van der Waals surface area contributed by atoms with E-state index in [1.165, 1.54) is 0 Å². The Morgan fingerprint density at radius 1 is 1.30 bits per heavy atom. The van der Waals surface area contributed by atoms with E-state index in [0.717, 1.165) is 10.0 Å². The summed E-state index contributed by atoms with van der Waals surface area (Å²) in [5.74, 6) is 0. The molecule has 0 bridgehead atoms. The summed E-state index contributed by atoms with van der Waals surface area (Å²) in [7, 11) is 1.77. The Morgan fingerprint density at radius 2 is 1.90 bits per heavy atom. The molecule has 0 aliphatic carbocycles. The van der Waals surface area contributed by atoms with Crippen LogP contribution in [0.5, 0.6) is 0 Å². The van der Waals surface area contributed by atoms with Crippen LogP contribution in [0.2, 0.25) is 0 Å². The summed E-state index contributed by atoms with van der Waals surface area (Å²) in [6.45, 7) is 0. The number of hydrogen-bond acceptors (Lipinski definition) is 1. The van der Waals surface area contributed by atoms with Gasteiger partial charge < -0.3 is 0 Å². The van der Waals surface area contributed by atoms with Crippen LogP contribution >= 0.6 is 15.9 Å². The monoisotopic (exact) mass is 197 g/mol. The number of aliphatic imine (C=N–C) groups is 1. The molecule has 0 saturated carbocycles. The van der Waals surface area contributed by atoms with Gasteiger partial charge in [0, 0.05) is 17.7 Å². The van der Waals surface area contributed by atoms with Gasteiger partial charge in [-0.15, -0.1) is 0 Å². The zero-order valence-corrected chi connectivity index (χ0v) is 7.30. The first-order valence-corrected chi connectivity index (χ1v) is 3.80. The van der Waals surface area contributed by atoms with E-state index in [1.54, 1.807) is 7.05 Å². The van der Waals surface area contributed by atoms with Gasteiger partial charge in [0.25, 0.3) is 0 Å². The Kier molecular flexibility index (Phi) is 2.63. The first-order valence-electron chi connectivity index (χ1n) is 3.00. The summed E-state index contributed by atoms with van der Waals surface area (Å²) >= 11 is 3.35. The van der Waals surface area contributed by atoms with Crippen LogP contribution < -0.4 is 0 Å². The first-order chi connectivity index (χ1) is 4.83. The maximum absolute atomic E-state index is 3.90. The van der Waals surface area contributed by atoms with Crippen molar-refractivity contribution in [2.45, 2.75) is 0 Å². The summed E-state index contributed by atoms with van der Waals surface area (Å²) in [5, 5.41) is 0. The quantitative estimate of drug-likeness (QED) is 0.614. The Labute approximate surface area is 68.9 Å². The highest BCUT2D eigenvalue weighted by Gasteiger charge is 1.85. The van der Waals surface area contributed by atoms with Gasteiger partial charge in [-0.05, 0) is 17.7 Å². The van der Waals surface area contributed by atoms with Gasteiger partial charge in [-0.25, -0.2) is 0 Å². The average Bonchev–Trinajstić information content (AvgIpc) is 1.95. The molecule has 1 nitrogen and oxygen atoms in total. The van der Waals surface area contributed by atoms with Gasteiger partial charge in [0.1, 0.15) is 0 Å². The summed E-state index contributed by atoms with van der Waals surface area (Å²) < 4.78 is 1.10. The van der Waals surface area contributed by atoms with Crippen molar-refractivity contribution in [2.24, 2.45) is 4.99 Å². The predicted octanol–water partition coefficient (Wildman–Crippen LogP) is 2.50. The molecule has 0 amide bonds. The molecule has 2 heteroatoms. The minimum absolute atomic E-state index is 1.10. The molecule has 0 fully saturated rings. The SMILES string of the molecule is CN=Cc1ccc(Br)cc1. The molecule has 1 aromatic rings. The van der Waals surface area contributed by atoms with E-state index >= 15 is 0 Å². The van der Waals surface area contributed by atoms with Crippen LogP contribution in [0.25, 0.3) is 0 Å². The molecular weight excluding hydrogens is 190 g/mol. The summed E-state index contributed by atoms with van der Waals surface area (Å²) in [6.07, 6.45) is 1.83. The van der Waals surface area contributed by atoms with Crippen molar-refractivity contribution in [3.63, 3.8) is 0 Å². The van der Waals surface area contributed by atoms with Gasteiger partial charge >= 0.3 is 0 Å². The number of halogens is 1. The Bertz CT molecular complexity index is 226. The van der Waals surface area contributed by atoms with Crippen LogP contribution in [0.15, 0.2) is 33.7 Å². The number of nitrogens with zero attached hydrogens (tertiary/aromatic N) is 1. The highest BCUT2D eigenvalue weighted by molar-refractivity contribution is 9.10. The molecule has 0 atom stereocenters. The second-order valence-corrected chi connectivity index (χ2v) is 2.85. The minimum atomic E-state index is 1.10. The van der Waals surface area contributed by atoms with Gasteiger partial charge in [-0.1, -0.05) is 28.1 Å². The lowest BCUT2D eigenvalue weighted by Gasteiger charge is -1.90. The minimum Gasteiger partial charge on any atom is -0.296 e. The standard InChI is InChI=1S/C8H8BrN/c1-10-6-7-2-4-8(9)5-3-7/h2-6H,1H3. The van der Waals surface area contributed by atoms with E-state index in [2.05, 4.69) is 20.9 Å². The molecule has 0 aliphatic heterocycles. The predicted molar refractivity (Wildman–Crippen MR) is 47.7 cm³/mol. The molecule has 1 aromatic carbocycles. The lowest BCUT2D eigenvalue weighted by molar-refractivity contribution is 1.46. The lowest BCUT2D eigenvalue weighted by atomic mass is 10.2. The molecule has 0 radical (unpaired) electrons. The highest BCUT2D eigenvalue weighted by atomic mass is 79.9. The second-order valence-electron chi connectivity index (χ2n) is 1.94. The molecule has 0 saturated heterocycles. The van der Waals surface area contributed by atoms with Crippen LogP contribution in [-0.4, -0.2) is 13.3 Å². The van der Waals surface area contributed by atoms with E-state index < -0.39 is 0 Å². The number of hydrogen-bond donors (Lipinski definition) is 0. The van der Waals surface area contributed by atoms with Crippen molar-refractivity contribution in [3.05, 3.63) is 34.3 Å². The fraction of sp³-hybridized carbons (Fsp3) is 0.125. The van der Waals surface area contributed by atoms with E-state index in [-0.39, 0.29) is 0 Å². The van der Waals surface area contributed by atoms with Crippen LogP contribution in [0.3, 0.4) is 0 Å². The molecule has 0 aromatic heterocycles. The molecule has 0 spiro atoms. The zero-order chi connectivity index (χ0) is 7.40. The maximum Gasteiger partial charge on any atom is 0.0281 e. The van der Waals surface area contributed by atoms with E-state index in [0.29, 0.717) is 0 Å². The Morgan fingerprint density at radius 3 is 2.40 bits per heavy atom. The molecule has 10 heavy (non-hydrogen) atoms. The summed E-state index contributed by atoms with van der Waals surface area (Å²) in [5.41, 5.74) is 1.13. The highest BCUT2D eigenvalue weighted by Crippen LogP contribution is 2.08. The van der Waals surface area contributed by atoms with Gasteiger partial charge in [0.05, 0.1) is 0 Å². The Hall–Kier alpha value is -0.630. The largest absolute Gasteiger partial charge is 0.296 e. The van der Waals surface area contributed by atoms with Crippen LogP contribution in [-0.2, 0) is 0 Å². The number of rotatable bonds is 1. The van der Waals surface area contributed by atoms with E-state index in [1.807, 2.05) is 30.5 Å². The van der Waals surface area contributed by atoms with E-state index in [4.69, 9.17) is 0 Å². The smallest absolute Gasteiger partial charge is 0.0281 e. The van der Waals surface area contributed by atoms with Crippen LogP contribution in [0.1, 0.15) is 5.56 Å². The van der Waals surface area contributed by atoms with Gasteiger partial charge in [0.15, 0.2) is 0 Å². The molecule has 0 unspecified atom stereocenters. The third-order valence-corrected chi connectivity index (χ3v) is 1.68. The van der Waals surface area contributed by atoms with Crippen LogP contribution in [0.4, 0.5) is 0 Å². The maximum atomic E-state index is 3.90. The fourth-order valence-electron chi connectivity index (χ4n) is 0.698. The van der Waals surface area contributed by atoms with Crippen molar-refractivity contribution in [1.29, 1.82) is 0 Å². The van der Waals surface area contributed by atoms with Gasteiger partial charge in [-0.3, -0.25) is 4.99 Å². The third-order valence-electron chi connectivity index (χ3n) is 1.15. The molecule has 0 aliphatic rings. The second kappa shape index (κ2) is 3.52. The molecule has 52 valence electrons. The third kappa shape index (κ3) is 1.95. The van der Waals surface area contributed by atoms with Gasteiger partial charge in [-0.2, -0.15) is 0 Å². The van der Waals surface area contributed by atoms with E-state index in [9.17, 15) is 0 Å². The number of benzene rings is 1. The molecule has 0 heterocycles. The lowest BCUT2D eigenvalue weighted by Crippen LogP contribution is -1.77. The first kappa shape index (κ1) is 7.48. The van der Waals surface area contributed by atoms with Crippen molar-refractivity contribution in [1.82, 2.24) is 0 Å².